The molecule has 190 valence electrons. The number of ketones is 1. The molecule has 2 aliphatic rings. The number of benzene rings is 2. The first-order chi connectivity index (χ1) is 17.3. The van der Waals surface area contributed by atoms with Gasteiger partial charge in [0.1, 0.15) is 5.75 Å². The van der Waals surface area contributed by atoms with E-state index in [0.717, 1.165) is 16.8 Å². The SMILES string of the molecule is CC[C@@H](C)OC(=O)C1=C(C)NC2=C(C(=O)C[C@@H](c3ccc(OC)c(OC)c3)C2)[C@H]1c1ccc(O)cc1. The number of carbonyl (C=O) groups is 2. The average Bonchev–Trinajstić information content (AvgIpc) is 2.87. The molecule has 2 aromatic carbocycles. The molecule has 0 fully saturated rings. The van der Waals surface area contributed by atoms with Gasteiger partial charge in [-0.1, -0.05) is 25.1 Å². The lowest BCUT2D eigenvalue weighted by atomic mass is 9.71. The molecule has 2 aromatic rings. The first kappa shape index (κ1) is 25.4. The highest BCUT2D eigenvalue weighted by atomic mass is 16.5. The Morgan fingerprint density at radius 1 is 1.06 bits per heavy atom. The number of dihydropyridines is 1. The molecule has 7 heteroatoms. The molecule has 1 aliphatic heterocycles. The number of carbonyl (C=O) groups excluding carboxylic acids is 2. The molecule has 0 bridgehead atoms. The van der Waals surface area contributed by atoms with Crippen LogP contribution in [-0.2, 0) is 14.3 Å². The zero-order valence-corrected chi connectivity index (χ0v) is 21.4. The van der Waals surface area contributed by atoms with Crippen LogP contribution in [-0.4, -0.2) is 37.2 Å². The second kappa shape index (κ2) is 10.5. The van der Waals surface area contributed by atoms with Crippen LogP contribution < -0.4 is 14.8 Å². The largest absolute Gasteiger partial charge is 0.508 e. The maximum absolute atomic E-state index is 13.7. The van der Waals surface area contributed by atoms with Crippen molar-refractivity contribution < 1.29 is 28.9 Å². The van der Waals surface area contributed by atoms with E-state index in [0.29, 0.717) is 47.6 Å². The smallest absolute Gasteiger partial charge is 0.337 e. The third-order valence-electron chi connectivity index (χ3n) is 7.04. The molecule has 1 heterocycles. The Morgan fingerprint density at radius 3 is 2.36 bits per heavy atom. The highest BCUT2D eigenvalue weighted by Gasteiger charge is 2.41. The molecule has 0 saturated carbocycles. The van der Waals surface area contributed by atoms with Gasteiger partial charge in [0.25, 0.3) is 0 Å². The van der Waals surface area contributed by atoms with Crippen molar-refractivity contribution in [3.05, 3.63) is 76.1 Å². The number of allylic oxidation sites excluding steroid dienone is 3. The van der Waals surface area contributed by atoms with Gasteiger partial charge in [0.15, 0.2) is 17.3 Å². The van der Waals surface area contributed by atoms with E-state index in [1.807, 2.05) is 39.0 Å². The summed E-state index contributed by atoms with van der Waals surface area (Å²) in [6.45, 7) is 5.65. The van der Waals surface area contributed by atoms with Crippen molar-refractivity contribution in [3.63, 3.8) is 0 Å². The van der Waals surface area contributed by atoms with Crippen LogP contribution in [0.25, 0.3) is 0 Å². The highest BCUT2D eigenvalue weighted by molar-refractivity contribution is 6.04. The summed E-state index contributed by atoms with van der Waals surface area (Å²) < 4.78 is 16.5. The monoisotopic (exact) mass is 491 g/mol. The molecule has 0 radical (unpaired) electrons. The molecular formula is C29H33NO6. The number of methoxy groups -OCH3 is 2. The van der Waals surface area contributed by atoms with E-state index in [-0.39, 0.29) is 23.6 Å². The molecule has 0 unspecified atom stereocenters. The summed E-state index contributed by atoms with van der Waals surface area (Å²) in [6, 6.07) is 12.4. The molecule has 36 heavy (non-hydrogen) atoms. The Bertz CT molecular complexity index is 1230. The molecule has 0 aromatic heterocycles. The average molecular weight is 492 g/mol. The minimum Gasteiger partial charge on any atom is -0.508 e. The van der Waals surface area contributed by atoms with E-state index in [2.05, 4.69) is 5.32 Å². The van der Waals surface area contributed by atoms with Gasteiger partial charge in [0, 0.05) is 29.3 Å². The first-order valence-corrected chi connectivity index (χ1v) is 12.2. The van der Waals surface area contributed by atoms with Gasteiger partial charge >= 0.3 is 5.97 Å². The number of aromatic hydroxyl groups is 1. The van der Waals surface area contributed by atoms with Crippen LogP contribution in [0.3, 0.4) is 0 Å². The van der Waals surface area contributed by atoms with E-state index in [4.69, 9.17) is 14.2 Å². The molecule has 0 amide bonds. The van der Waals surface area contributed by atoms with E-state index in [9.17, 15) is 14.7 Å². The molecule has 0 saturated heterocycles. The van der Waals surface area contributed by atoms with Crippen LogP contribution >= 0.6 is 0 Å². The van der Waals surface area contributed by atoms with Gasteiger partial charge in [-0.15, -0.1) is 0 Å². The van der Waals surface area contributed by atoms with Crippen LogP contribution in [0.4, 0.5) is 0 Å². The normalized spacial score (nSPS) is 20.4. The van der Waals surface area contributed by atoms with Gasteiger partial charge in [-0.25, -0.2) is 4.79 Å². The molecular weight excluding hydrogens is 458 g/mol. The lowest BCUT2D eigenvalue weighted by Gasteiger charge is -2.37. The zero-order chi connectivity index (χ0) is 26.0. The first-order valence-electron chi connectivity index (χ1n) is 12.2. The van der Waals surface area contributed by atoms with Gasteiger partial charge in [0.05, 0.1) is 25.9 Å². The Hall–Kier alpha value is -3.74. The Labute approximate surface area is 211 Å². The molecule has 2 N–H and O–H groups in total. The fourth-order valence-corrected chi connectivity index (χ4v) is 4.98. The van der Waals surface area contributed by atoms with Gasteiger partial charge in [-0.05, 0) is 68.0 Å². The number of ether oxygens (including phenoxy) is 3. The fraction of sp³-hybridized carbons (Fsp3) is 0.379. The maximum atomic E-state index is 13.7. The van der Waals surface area contributed by atoms with Crippen molar-refractivity contribution in [3.8, 4) is 17.2 Å². The second-order valence-corrected chi connectivity index (χ2v) is 9.35. The minimum atomic E-state index is -0.572. The third-order valence-corrected chi connectivity index (χ3v) is 7.04. The number of rotatable bonds is 7. The quantitative estimate of drug-likeness (QED) is 0.520. The number of esters is 1. The maximum Gasteiger partial charge on any atom is 0.337 e. The lowest BCUT2D eigenvalue weighted by Crippen LogP contribution is -2.36. The predicted molar refractivity (Wildman–Crippen MR) is 136 cm³/mol. The van der Waals surface area contributed by atoms with Crippen LogP contribution in [0.5, 0.6) is 17.2 Å². The van der Waals surface area contributed by atoms with Crippen molar-refractivity contribution in [2.45, 2.75) is 58.0 Å². The summed E-state index contributed by atoms with van der Waals surface area (Å²) in [5, 5.41) is 13.2. The number of hydrogen-bond acceptors (Lipinski definition) is 7. The molecule has 3 atom stereocenters. The molecule has 4 rings (SSSR count). The van der Waals surface area contributed by atoms with Gasteiger partial charge in [-0.2, -0.15) is 0 Å². The highest BCUT2D eigenvalue weighted by Crippen LogP contribution is 2.46. The van der Waals surface area contributed by atoms with Crippen molar-refractivity contribution in [1.29, 1.82) is 0 Å². The Balaban J connectivity index is 1.76. The minimum absolute atomic E-state index is 0.0250. The second-order valence-electron chi connectivity index (χ2n) is 9.35. The van der Waals surface area contributed by atoms with Gasteiger partial charge < -0.3 is 24.6 Å². The standard InChI is InChI=1S/C29H33NO6/c1-6-16(2)36-29(33)26-17(3)30-22-13-20(19-9-12-24(34-4)25(15-19)35-5)14-23(32)28(22)27(26)18-7-10-21(31)11-8-18/h7-12,15-16,20,27,30-31H,6,13-14H2,1-5H3/t16-,20+,27+/m1/s1. The molecule has 1 aliphatic carbocycles. The molecule has 0 spiro atoms. The lowest BCUT2D eigenvalue weighted by molar-refractivity contribution is -0.144. The number of nitrogens with one attached hydrogen (secondary N) is 1. The fourth-order valence-electron chi connectivity index (χ4n) is 4.98. The summed E-state index contributed by atoms with van der Waals surface area (Å²) in [6.07, 6.45) is 1.35. The van der Waals surface area contributed by atoms with E-state index in [1.165, 1.54) is 0 Å². The number of hydrogen-bond donors (Lipinski definition) is 2. The van der Waals surface area contributed by atoms with E-state index in [1.54, 1.807) is 38.5 Å². The van der Waals surface area contributed by atoms with Crippen molar-refractivity contribution in [2.24, 2.45) is 0 Å². The number of phenols is 1. The van der Waals surface area contributed by atoms with Crippen molar-refractivity contribution >= 4 is 11.8 Å². The summed E-state index contributed by atoms with van der Waals surface area (Å²) in [5.41, 5.74) is 4.23. The zero-order valence-electron chi connectivity index (χ0n) is 21.4. The van der Waals surface area contributed by atoms with Gasteiger partial charge in [0.2, 0.25) is 0 Å². The van der Waals surface area contributed by atoms with Crippen molar-refractivity contribution in [2.75, 3.05) is 14.2 Å². The summed E-state index contributed by atoms with van der Waals surface area (Å²) >= 11 is 0. The van der Waals surface area contributed by atoms with Crippen molar-refractivity contribution in [1.82, 2.24) is 5.32 Å². The predicted octanol–water partition coefficient (Wildman–Crippen LogP) is 5.11. The topological polar surface area (TPSA) is 94.1 Å². The van der Waals surface area contributed by atoms with Crippen LogP contribution in [0.2, 0.25) is 0 Å². The number of phenolic OH excluding ortho intramolecular Hbond substituents is 1. The Kier molecular flexibility index (Phi) is 7.38. The summed E-state index contributed by atoms with van der Waals surface area (Å²) in [4.78, 5) is 27.0. The summed E-state index contributed by atoms with van der Waals surface area (Å²) in [7, 11) is 3.18. The van der Waals surface area contributed by atoms with Crippen LogP contribution in [0, 0.1) is 0 Å². The third kappa shape index (κ3) is 4.83. The Morgan fingerprint density at radius 2 is 1.72 bits per heavy atom. The van der Waals surface area contributed by atoms with E-state index < -0.39 is 11.9 Å². The molecule has 7 nitrogen and oxygen atoms in total. The van der Waals surface area contributed by atoms with Crippen LogP contribution in [0.15, 0.2) is 65.0 Å². The number of Topliss-reactive ketones (excluding diaryl/α,β-unsaturated/α-hetero) is 1. The van der Waals surface area contributed by atoms with Gasteiger partial charge in [-0.3, -0.25) is 4.79 Å². The van der Waals surface area contributed by atoms with E-state index >= 15 is 0 Å². The van der Waals surface area contributed by atoms with Crippen LogP contribution in [0.1, 0.15) is 63.0 Å². The summed E-state index contributed by atoms with van der Waals surface area (Å²) in [5.74, 6) is 0.288.